The number of amidine groups is 1. The molecule has 1 spiro atoms. The van der Waals surface area contributed by atoms with Crippen molar-refractivity contribution in [2.75, 3.05) is 43.9 Å². The first kappa shape index (κ1) is 27.3. The maximum absolute atomic E-state index is 13.7. The maximum atomic E-state index is 13.7. The summed E-state index contributed by atoms with van der Waals surface area (Å²) in [6.07, 6.45) is 9.59. The number of piperidine rings is 1. The molecule has 1 saturated carbocycles. The molecule has 7 nitrogen and oxygen atoms in total. The van der Waals surface area contributed by atoms with Crippen LogP contribution in [-0.4, -0.2) is 56.1 Å². The summed E-state index contributed by atoms with van der Waals surface area (Å²) in [4.78, 5) is 24.2. The quantitative estimate of drug-likeness (QED) is 0.404. The standard InChI is InChI=1S/C30H35ClFN5O2/c1-3-28(38)36-26-15-22-25(16-27(26)39-19-20-17-30(18-20)8-12-37(2)13-9-30)33-10-4-5-11-34-29(22)35-21-6-7-24(32)23(31)14-21/h3,6-7,10,14-16,20H,1,4-5,8-9,11-13,17-19H2,2H3,(H,34,35)(H,36,38). The summed E-state index contributed by atoms with van der Waals surface area (Å²) in [7, 11) is 2.19. The predicted molar refractivity (Wildman–Crippen MR) is 156 cm³/mol. The van der Waals surface area contributed by atoms with Gasteiger partial charge in [-0.25, -0.2) is 4.39 Å². The molecule has 2 fully saturated rings. The van der Waals surface area contributed by atoms with Crippen molar-refractivity contribution < 1.29 is 13.9 Å². The van der Waals surface area contributed by atoms with Crippen LogP contribution in [0.15, 0.2) is 53.0 Å². The lowest BCUT2D eigenvalue weighted by Crippen LogP contribution is -2.47. The molecule has 39 heavy (non-hydrogen) atoms. The van der Waals surface area contributed by atoms with Crippen molar-refractivity contribution in [2.24, 2.45) is 21.3 Å². The lowest BCUT2D eigenvalue weighted by molar-refractivity contribution is -0.111. The summed E-state index contributed by atoms with van der Waals surface area (Å²) in [5.41, 5.74) is 2.94. The Hall–Kier alpha value is -3.23. The molecule has 5 rings (SSSR count). The van der Waals surface area contributed by atoms with Crippen molar-refractivity contribution in [2.45, 2.75) is 38.5 Å². The number of halogens is 2. The summed E-state index contributed by atoms with van der Waals surface area (Å²) in [5, 5.41) is 6.17. The SMILES string of the molecule is C=CC(=O)Nc1cc2c(cc1OCC1CC3(CCN(C)CC3)C1)N=CCCCN=C2Nc1ccc(F)c(Cl)c1. The number of rotatable bonds is 6. The molecular weight excluding hydrogens is 517 g/mol. The van der Waals surface area contributed by atoms with Crippen molar-refractivity contribution in [1.82, 2.24) is 4.90 Å². The van der Waals surface area contributed by atoms with Gasteiger partial charge in [0.15, 0.2) is 0 Å². The average Bonchev–Trinajstić information content (AvgIpc) is 3.00. The second-order valence-electron chi connectivity index (χ2n) is 10.9. The van der Waals surface area contributed by atoms with Crippen molar-refractivity contribution >= 4 is 46.6 Å². The number of carbonyl (C=O) groups is 1. The molecule has 1 aliphatic carbocycles. The van der Waals surface area contributed by atoms with Crippen molar-refractivity contribution in [3.8, 4) is 5.75 Å². The number of nitrogens with zero attached hydrogens (tertiary/aromatic N) is 3. The molecule has 0 atom stereocenters. The van der Waals surface area contributed by atoms with E-state index in [9.17, 15) is 9.18 Å². The second-order valence-corrected chi connectivity index (χ2v) is 11.3. The number of hydrogen-bond acceptors (Lipinski definition) is 6. The Morgan fingerprint density at radius 3 is 2.82 bits per heavy atom. The minimum absolute atomic E-state index is 0.0163. The van der Waals surface area contributed by atoms with Crippen molar-refractivity contribution in [3.63, 3.8) is 0 Å². The number of likely N-dealkylation sites (tertiary alicyclic amines) is 1. The molecule has 2 N–H and O–H groups in total. The molecular formula is C30H35ClFN5O2. The van der Waals surface area contributed by atoms with Gasteiger partial charge in [-0.2, -0.15) is 0 Å². The lowest BCUT2D eigenvalue weighted by atomic mass is 9.58. The Balaban J connectivity index is 1.40. The number of ether oxygens (including phenoxy) is 1. The molecule has 1 amide bonds. The van der Waals surface area contributed by atoms with Crippen molar-refractivity contribution in [3.05, 3.63) is 59.4 Å². The number of aliphatic imine (C=N–C) groups is 2. The molecule has 3 aliphatic rings. The van der Waals surface area contributed by atoms with Crippen LogP contribution in [0.25, 0.3) is 0 Å². The van der Waals surface area contributed by atoms with E-state index in [-0.39, 0.29) is 10.9 Å². The molecule has 0 bridgehead atoms. The number of nitrogens with one attached hydrogen (secondary N) is 2. The molecule has 0 aromatic heterocycles. The van der Waals surface area contributed by atoms with Crippen LogP contribution >= 0.6 is 11.6 Å². The molecule has 1 saturated heterocycles. The highest BCUT2D eigenvalue weighted by Gasteiger charge is 2.45. The van der Waals surface area contributed by atoms with E-state index in [1.807, 2.05) is 18.3 Å². The van der Waals surface area contributed by atoms with E-state index in [4.69, 9.17) is 26.3 Å². The van der Waals surface area contributed by atoms with Crippen LogP contribution in [0.1, 0.15) is 44.1 Å². The van der Waals surface area contributed by atoms with Gasteiger partial charge in [0.25, 0.3) is 0 Å². The minimum atomic E-state index is -0.493. The largest absolute Gasteiger partial charge is 0.491 e. The fourth-order valence-corrected chi connectivity index (χ4v) is 5.88. The topological polar surface area (TPSA) is 78.3 Å². The molecule has 9 heteroatoms. The van der Waals surface area contributed by atoms with E-state index in [1.165, 1.54) is 43.9 Å². The lowest BCUT2D eigenvalue weighted by Gasteiger charge is -2.51. The number of carbonyl (C=O) groups excluding carboxylic acids is 1. The fraction of sp³-hybridized carbons (Fsp3) is 0.433. The third-order valence-electron chi connectivity index (χ3n) is 7.94. The van der Waals surface area contributed by atoms with Gasteiger partial charge in [-0.15, -0.1) is 0 Å². The van der Waals surface area contributed by atoms with Gasteiger partial charge in [0.2, 0.25) is 5.91 Å². The summed E-state index contributed by atoms with van der Waals surface area (Å²) in [5.74, 6) is 0.779. The number of anilines is 2. The van der Waals surface area contributed by atoms with Gasteiger partial charge in [0.05, 0.1) is 23.0 Å². The Bertz CT molecular complexity index is 1290. The van der Waals surface area contributed by atoms with Gasteiger partial charge in [-0.1, -0.05) is 18.2 Å². The smallest absolute Gasteiger partial charge is 0.247 e. The fourth-order valence-electron chi connectivity index (χ4n) is 5.70. The van der Waals surface area contributed by atoms with Crippen LogP contribution in [-0.2, 0) is 4.79 Å². The van der Waals surface area contributed by atoms with Gasteiger partial charge < -0.3 is 20.3 Å². The highest BCUT2D eigenvalue weighted by molar-refractivity contribution is 6.31. The maximum Gasteiger partial charge on any atom is 0.247 e. The molecule has 2 aromatic carbocycles. The Morgan fingerprint density at radius 2 is 2.08 bits per heavy atom. The van der Waals surface area contributed by atoms with Gasteiger partial charge in [-0.05, 0) is 100 Å². The molecule has 206 valence electrons. The highest BCUT2D eigenvalue weighted by atomic mass is 35.5. The van der Waals surface area contributed by atoms with Crippen LogP contribution in [0.2, 0.25) is 5.02 Å². The number of benzene rings is 2. The number of hydrogen-bond donors (Lipinski definition) is 2. The zero-order chi connectivity index (χ0) is 27.4. The van der Waals surface area contributed by atoms with E-state index in [0.717, 1.165) is 25.9 Å². The van der Waals surface area contributed by atoms with E-state index in [2.05, 4.69) is 29.2 Å². The molecule has 0 radical (unpaired) electrons. The minimum Gasteiger partial charge on any atom is -0.491 e. The van der Waals surface area contributed by atoms with Crippen LogP contribution < -0.4 is 15.4 Å². The first-order valence-electron chi connectivity index (χ1n) is 13.6. The van der Waals surface area contributed by atoms with Gasteiger partial charge in [0.1, 0.15) is 17.4 Å². The first-order chi connectivity index (χ1) is 18.8. The van der Waals surface area contributed by atoms with Crippen LogP contribution in [0.3, 0.4) is 0 Å². The summed E-state index contributed by atoms with van der Waals surface area (Å²) in [6, 6.07) is 8.11. The van der Waals surface area contributed by atoms with Gasteiger partial charge in [0, 0.05) is 30.1 Å². The number of fused-ring (bicyclic) bond motifs is 1. The Labute approximate surface area is 234 Å². The molecule has 2 aromatic rings. The Morgan fingerprint density at radius 1 is 1.28 bits per heavy atom. The average molecular weight is 552 g/mol. The van der Waals surface area contributed by atoms with E-state index >= 15 is 0 Å². The molecule has 2 aliphatic heterocycles. The predicted octanol–water partition coefficient (Wildman–Crippen LogP) is 6.46. The summed E-state index contributed by atoms with van der Waals surface area (Å²) in [6.45, 7) is 7.08. The zero-order valence-corrected chi connectivity index (χ0v) is 23.1. The molecule has 2 heterocycles. The van der Waals surface area contributed by atoms with E-state index in [1.54, 1.807) is 6.07 Å². The van der Waals surface area contributed by atoms with E-state index < -0.39 is 5.82 Å². The third kappa shape index (κ3) is 6.50. The third-order valence-corrected chi connectivity index (χ3v) is 8.23. The number of amides is 1. The Kier molecular flexibility index (Phi) is 8.33. The summed E-state index contributed by atoms with van der Waals surface area (Å²) >= 11 is 6.01. The molecule has 0 unspecified atom stereocenters. The van der Waals surface area contributed by atoms with E-state index in [0.29, 0.717) is 58.7 Å². The zero-order valence-electron chi connectivity index (χ0n) is 22.3. The van der Waals surface area contributed by atoms with Gasteiger partial charge in [-0.3, -0.25) is 14.8 Å². The van der Waals surface area contributed by atoms with Crippen LogP contribution in [0, 0.1) is 17.2 Å². The van der Waals surface area contributed by atoms with Crippen LogP contribution in [0.4, 0.5) is 21.5 Å². The van der Waals surface area contributed by atoms with Gasteiger partial charge >= 0.3 is 0 Å². The monoisotopic (exact) mass is 551 g/mol. The second kappa shape index (κ2) is 11.9. The summed E-state index contributed by atoms with van der Waals surface area (Å²) < 4.78 is 20.1. The van der Waals surface area contributed by atoms with Crippen molar-refractivity contribution in [1.29, 1.82) is 0 Å². The first-order valence-corrected chi connectivity index (χ1v) is 13.9. The normalized spacial score (nSPS) is 19.1. The van der Waals surface area contributed by atoms with Crippen LogP contribution in [0.5, 0.6) is 5.75 Å². The highest BCUT2D eigenvalue weighted by Crippen LogP contribution is 2.52.